The van der Waals surface area contributed by atoms with Crippen LogP contribution >= 0.6 is 0 Å². The zero-order valence-corrected chi connectivity index (χ0v) is 13.2. The molecule has 20 heavy (non-hydrogen) atoms. The average Bonchev–Trinajstić information content (AvgIpc) is 2.39. The van der Waals surface area contributed by atoms with Gasteiger partial charge in [-0.1, -0.05) is 13.3 Å². The van der Waals surface area contributed by atoms with Gasteiger partial charge in [0.2, 0.25) is 5.75 Å². The number of hydrogen-bond donors (Lipinski definition) is 1. The van der Waals surface area contributed by atoms with Crippen molar-refractivity contribution in [2.75, 3.05) is 14.2 Å². The summed E-state index contributed by atoms with van der Waals surface area (Å²) < 4.78 is 16.9. The van der Waals surface area contributed by atoms with Crippen LogP contribution in [0.15, 0.2) is 12.1 Å². The molecule has 114 valence electrons. The summed E-state index contributed by atoms with van der Waals surface area (Å²) in [5.74, 6) is 2.07. The molecule has 0 aliphatic heterocycles. The van der Waals surface area contributed by atoms with Crippen molar-refractivity contribution in [3.63, 3.8) is 0 Å². The normalized spacial score (nSPS) is 13.7. The first-order valence-corrected chi connectivity index (χ1v) is 7.18. The van der Waals surface area contributed by atoms with E-state index in [1.807, 2.05) is 19.1 Å². The minimum atomic E-state index is 0.0928. The highest BCUT2D eigenvalue weighted by Crippen LogP contribution is 2.39. The van der Waals surface area contributed by atoms with Gasteiger partial charge < -0.3 is 19.9 Å². The Kier molecular flexibility index (Phi) is 6.65. The maximum Gasteiger partial charge on any atom is 0.203 e. The summed E-state index contributed by atoms with van der Waals surface area (Å²) in [4.78, 5) is 0. The van der Waals surface area contributed by atoms with Crippen molar-refractivity contribution in [3.05, 3.63) is 17.7 Å². The molecule has 0 amide bonds. The van der Waals surface area contributed by atoms with Crippen molar-refractivity contribution in [1.82, 2.24) is 0 Å². The topological polar surface area (TPSA) is 53.7 Å². The Hall–Kier alpha value is -1.42. The molecule has 1 aromatic rings. The number of rotatable bonds is 8. The molecule has 2 N–H and O–H groups in total. The van der Waals surface area contributed by atoms with Crippen molar-refractivity contribution in [1.29, 1.82) is 0 Å². The van der Waals surface area contributed by atoms with Gasteiger partial charge >= 0.3 is 0 Å². The van der Waals surface area contributed by atoms with E-state index in [2.05, 4.69) is 13.8 Å². The molecular formula is C16H27NO3. The fourth-order valence-electron chi connectivity index (χ4n) is 2.21. The van der Waals surface area contributed by atoms with Crippen molar-refractivity contribution in [2.24, 2.45) is 5.73 Å². The molecule has 0 radical (unpaired) electrons. The number of ether oxygens (including phenoxy) is 3. The Bertz CT molecular complexity index is 393. The second-order valence-electron chi connectivity index (χ2n) is 5.23. The molecule has 0 saturated carbocycles. The lowest BCUT2D eigenvalue weighted by Crippen LogP contribution is -2.18. The predicted molar refractivity (Wildman–Crippen MR) is 81.9 cm³/mol. The summed E-state index contributed by atoms with van der Waals surface area (Å²) in [6, 6.07) is 4.04. The second-order valence-corrected chi connectivity index (χ2v) is 5.23. The zero-order chi connectivity index (χ0) is 15.1. The summed E-state index contributed by atoms with van der Waals surface area (Å²) in [7, 11) is 3.28. The fraction of sp³-hybridized carbons (Fsp3) is 0.625. The second kappa shape index (κ2) is 8.00. The maximum atomic E-state index is 5.98. The van der Waals surface area contributed by atoms with E-state index >= 15 is 0 Å². The van der Waals surface area contributed by atoms with Crippen LogP contribution in [0.5, 0.6) is 17.2 Å². The molecule has 0 spiro atoms. The van der Waals surface area contributed by atoms with E-state index < -0.39 is 0 Å². The number of methoxy groups -OCH3 is 2. The van der Waals surface area contributed by atoms with Gasteiger partial charge in [0.05, 0.1) is 20.3 Å². The molecule has 2 unspecified atom stereocenters. The van der Waals surface area contributed by atoms with E-state index in [-0.39, 0.29) is 12.1 Å². The Labute approximate surface area is 122 Å². The smallest absolute Gasteiger partial charge is 0.203 e. The van der Waals surface area contributed by atoms with Crippen LogP contribution in [-0.4, -0.2) is 26.4 Å². The number of benzene rings is 1. The van der Waals surface area contributed by atoms with Gasteiger partial charge in [0.25, 0.3) is 0 Å². The average molecular weight is 281 g/mol. The summed E-state index contributed by atoms with van der Waals surface area (Å²) in [5.41, 5.74) is 6.94. The lowest BCUT2D eigenvalue weighted by Gasteiger charge is -2.20. The Morgan fingerprint density at radius 3 is 2.05 bits per heavy atom. The highest BCUT2D eigenvalue weighted by Gasteiger charge is 2.17. The third-order valence-corrected chi connectivity index (χ3v) is 3.09. The Morgan fingerprint density at radius 2 is 1.65 bits per heavy atom. The van der Waals surface area contributed by atoms with Crippen LogP contribution in [0.4, 0.5) is 0 Å². The SMILES string of the molecule is CCCC(C)Oc1c(OC)cc(CC(C)N)cc1OC. The molecule has 0 aliphatic rings. The summed E-state index contributed by atoms with van der Waals surface area (Å²) >= 11 is 0. The van der Waals surface area contributed by atoms with Crippen molar-refractivity contribution >= 4 is 0 Å². The molecule has 0 aliphatic carbocycles. The molecule has 0 fully saturated rings. The largest absolute Gasteiger partial charge is 0.493 e. The van der Waals surface area contributed by atoms with E-state index in [0.717, 1.165) is 24.8 Å². The summed E-state index contributed by atoms with van der Waals surface area (Å²) in [6.45, 7) is 6.17. The van der Waals surface area contributed by atoms with Gasteiger partial charge in [0, 0.05) is 6.04 Å². The molecule has 0 bridgehead atoms. The van der Waals surface area contributed by atoms with Crippen LogP contribution in [0.1, 0.15) is 39.2 Å². The van der Waals surface area contributed by atoms with Gasteiger partial charge in [0.15, 0.2) is 11.5 Å². The standard InChI is InChI=1S/C16H27NO3/c1-6-7-12(3)20-16-14(18-4)9-13(8-11(2)17)10-15(16)19-5/h9-12H,6-8,17H2,1-5H3. The van der Waals surface area contributed by atoms with E-state index in [0.29, 0.717) is 17.2 Å². The van der Waals surface area contributed by atoms with Crippen LogP contribution < -0.4 is 19.9 Å². The van der Waals surface area contributed by atoms with E-state index in [9.17, 15) is 0 Å². The zero-order valence-electron chi connectivity index (χ0n) is 13.2. The molecule has 1 rings (SSSR count). The highest BCUT2D eigenvalue weighted by atomic mass is 16.5. The lowest BCUT2D eigenvalue weighted by atomic mass is 10.1. The van der Waals surface area contributed by atoms with Crippen LogP contribution in [0.2, 0.25) is 0 Å². The first kappa shape index (κ1) is 16.6. The molecule has 4 heteroatoms. The molecule has 0 aromatic heterocycles. The highest BCUT2D eigenvalue weighted by molar-refractivity contribution is 5.54. The fourth-order valence-corrected chi connectivity index (χ4v) is 2.21. The quantitative estimate of drug-likeness (QED) is 0.795. The third-order valence-electron chi connectivity index (χ3n) is 3.09. The monoisotopic (exact) mass is 281 g/mol. The van der Waals surface area contributed by atoms with Crippen molar-refractivity contribution in [3.8, 4) is 17.2 Å². The van der Waals surface area contributed by atoms with Crippen molar-refractivity contribution in [2.45, 2.75) is 52.2 Å². The first-order valence-electron chi connectivity index (χ1n) is 7.18. The van der Waals surface area contributed by atoms with Gasteiger partial charge in [-0.05, 0) is 44.4 Å². The number of nitrogens with two attached hydrogens (primary N) is 1. The van der Waals surface area contributed by atoms with Crippen LogP contribution in [0.3, 0.4) is 0 Å². The van der Waals surface area contributed by atoms with Crippen LogP contribution in [0.25, 0.3) is 0 Å². The molecular weight excluding hydrogens is 254 g/mol. The molecule has 4 nitrogen and oxygen atoms in total. The minimum absolute atomic E-state index is 0.0928. The van der Waals surface area contributed by atoms with E-state index in [1.54, 1.807) is 14.2 Å². The van der Waals surface area contributed by atoms with Crippen LogP contribution in [-0.2, 0) is 6.42 Å². The van der Waals surface area contributed by atoms with Gasteiger partial charge in [-0.15, -0.1) is 0 Å². The minimum Gasteiger partial charge on any atom is -0.493 e. The first-order chi connectivity index (χ1) is 9.51. The third kappa shape index (κ3) is 4.60. The van der Waals surface area contributed by atoms with Crippen molar-refractivity contribution < 1.29 is 14.2 Å². The maximum absolute atomic E-state index is 5.98. The number of hydrogen-bond acceptors (Lipinski definition) is 4. The van der Waals surface area contributed by atoms with E-state index in [4.69, 9.17) is 19.9 Å². The van der Waals surface area contributed by atoms with Gasteiger partial charge in [-0.25, -0.2) is 0 Å². The summed E-state index contributed by atoms with van der Waals surface area (Å²) in [5, 5.41) is 0. The van der Waals surface area contributed by atoms with E-state index in [1.165, 1.54) is 0 Å². The molecule has 0 saturated heterocycles. The predicted octanol–water partition coefficient (Wildman–Crippen LogP) is 3.16. The van der Waals surface area contributed by atoms with Gasteiger partial charge in [-0.3, -0.25) is 0 Å². The lowest BCUT2D eigenvalue weighted by molar-refractivity contribution is 0.191. The van der Waals surface area contributed by atoms with Gasteiger partial charge in [-0.2, -0.15) is 0 Å². The van der Waals surface area contributed by atoms with Crippen LogP contribution in [0, 0.1) is 0 Å². The summed E-state index contributed by atoms with van der Waals surface area (Å²) in [6.07, 6.45) is 2.97. The Morgan fingerprint density at radius 1 is 1.10 bits per heavy atom. The molecule has 1 aromatic carbocycles. The molecule has 0 heterocycles. The Balaban J connectivity index is 3.07. The molecule has 2 atom stereocenters. The van der Waals surface area contributed by atoms with Gasteiger partial charge in [0.1, 0.15) is 0 Å².